The second kappa shape index (κ2) is 11.6. The average molecular weight is 445 g/mol. The second-order valence-electron chi connectivity index (χ2n) is 8.32. The minimum Gasteiger partial charge on any atom is -0.493 e. The van der Waals surface area contributed by atoms with Gasteiger partial charge in [-0.15, -0.1) is 0 Å². The molecule has 5 nitrogen and oxygen atoms in total. The van der Waals surface area contributed by atoms with Crippen molar-refractivity contribution in [3.63, 3.8) is 0 Å². The molecule has 1 aliphatic rings. The first kappa shape index (κ1) is 23.0. The van der Waals surface area contributed by atoms with Crippen molar-refractivity contribution in [2.24, 2.45) is 0 Å². The van der Waals surface area contributed by atoms with Gasteiger partial charge in [-0.05, 0) is 29.3 Å². The van der Waals surface area contributed by atoms with E-state index in [-0.39, 0.29) is 5.91 Å². The van der Waals surface area contributed by atoms with Gasteiger partial charge in [-0.1, -0.05) is 60.7 Å². The van der Waals surface area contributed by atoms with E-state index in [9.17, 15) is 4.79 Å². The zero-order valence-corrected chi connectivity index (χ0v) is 19.3. The lowest BCUT2D eigenvalue weighted by Crippen LogP contribution is -2.48. The van der Waals surface area contributed by atoms with Gasteiger partial charge in [0, 0.05) is 64.0 Å². The van der Waals surface area contributed by atoms with Gasteiger partial charge in [0.2, 0.25) is 0 Å². The number of para-hydroxylation sites is 1. The molecule has 3 aromatic carbocycles. The van der Waals surface area contributed by atoms with E-state index in [1.165, 1.54) is 5.56 Å². The smallest absolute Gasteiger partial charge is 0.253 e. The van der Waals surface area contributed by atoms with Crippen LogP contribution in [0, 0.1) is 0 Å². The summed E-state index contributed by atoms with van der Waals surface area (Å²) in [5, 5.41) is 0. The fourth-order valence-electron chi connectivity index (χ4n) is 4.14. The number of rotatable bonds is 9. The Balaban J connectivity index is 1.31. The number of hydrogen-bond donors (Lipinski definition) is 0. The number of hydrogen-bond acceptors (Lipinski definition) is 4. The first-order valence-corrected chi connectivity index (χ1v) is 11.6. The van der Waals surface area contributed by atoms with Crippen LogP contribution in [-0.2, 0) is 11.3 Å². The summed E-state index contributed by atoms with van der Waals surface area (Å²) in [6, 6.07) is 26.4. The van der Waals surface area contributed by atoms with E-state index in [0.29, 0.717) is 13.2 Å². The van der Waals surface area contributed by atoms with Gasteiger partial charge in [0.05, 0.1) is 6.61 Å². The molecule has 0 atom stereocenters. The molecule has 0 N–H and O–H groups in total. The number of nitrogens with zero attached hydrogens (tertiary/aromatic N) is 2. The Hall–Kier alpha value is -3.15. The molecule has 0 unspecified atom stereocenters. The lowest BCUT2D eigenvalue weighted by atomic mass is 10.0. The molecule has 0 spiro atoms. The molecule has 33 heavy (non-hydrogen) atoms. The highest BCUT2D eigenvalue weighted by Crippen LogP contribution is 2.30. The van der Waals surface area contributed by atoms with Crippen LogP contribution in [0.5, 0.6) is 5.75 Å². The molecule has 3 aromatic rings. The first-order valence-electron chi connectivity index (χ1n) is 11.6. The zero-order valence-electron chi connectivity index (χ0n) is 19.3. The lowest BCUT2D eigenvalue weighted by Gasteiger charge is -2.34. The van der Waals surface area contributed by atoms with Crippen LogP contribution in [0.1, 0.15) is 22.3 Å². The standard InChI is InChI=1S/C28H32N2O3/c1-32-20-7-21-33-27-11-6-5-10-26(27)24-14-12-23(13-15-24)22-29-16-18-30(19-17-29)28(31)25-8-3-2-4-9-25/h2-6,8-15H,7,16-22H2,1H3. The van der Waals surface area contributed by atoms with E-state index in [0.717, 1.165) is 61.6 Å². The molecule has 1 aliphatic heterocycles. The van der Waals surface area contributed by atoms with E-state index in [4.69, 9.17) is 9.47 Å². The SMILES string of the molecule is COCCCOc1ccccc1-c1ccc(CN2CCN(C(=O)c3ccccc3)CC2)cc1. The van der Waals surface area contributed by atoms with Gasteiger partial charge in [-0.3, -0.25) is 9.69 Å². The molecule has 1 fully saturated rings. The van der Waals surface area contributed by atoms with E-state index in [1.54, 1.807) is 7.11 Å². The molecule has 1 amide bonds. The van der Waals surface area contributed by atoms with E-state index >= 15 is 0 Å². The summed E-state index contributed by atoms with van der Waals surface area (Å²) in [5.74, 6) is 1.03. The molecule has 4 rings (SSSR count). The van der Waals surface area contributed by atoms with Crippen LogP contribution in [0.25, 0.3) is 11.1 Å². The number of ether oxygens (including phenoxy) is 2. The van der Waals surface area contributed by atoms with Crippen LogP contribution in [0.4, 0.5) is 0 Å². The van der Waals surface area contributed by atoms with Crippen LogP contribution in [0.3, 0.4) is 0 Å². The van der Waals surface area contributed by atoms with Gasteiger partial charge in [0.1, 0.15) is 5.75 Å². The van der Waals surface area contributed by atoms with Crippen molar-refractivity contribution in [3.05, 3.63) is 90.0 Å². The maximum absolute atomic E-state index is 12.7. The van der Waals surface area contributed by atoms with Gasteiger partial charge in [0.15, 0.2) is 0 Å². The maximum Gasteiger partial charge on any atom is 0.253 e. The van der Waals surface area contributed by atoms with Crippen molar-refractivity contribution in [3.8, 4) is 16.9 Å². The summed E-state index contributed by atoms with van der Waals surface area (Å²) in [5.41, 5.74) is 4.30. The summed E-state index contributed by atoms with van der Waals surface area (Å²) in [6.45, 7) is 5.53. The second-order valence-corrected chi connectivity index (χ2v) is 8.32. The third kappa shape index (κ3) is 6.21. The van der Waals surface area contributed by atoms with Crippen molar-refractivity contribution >= 4 is 5.91 Å². The molecular weight excluding hydrogens is 412 g/mol. The van der Waals surface area contributed by atoms with Crippen LogP contribution in [-0.4, -0.2) is 62.2 Å². The highest BCUT2D eigenvalue weighted by atomic mass is 16.5. The number of piperazine rings is 1. The molecule has 5 heteroatoms. The molecule has 0 radical (unpaired) electrons. The Bertz CT molecular complexity index is 1010. The largest absolute Gasteiger partial charge is 0.493 e. The number of methoxy groups -OCH3 is 1. The average Bonchev–Trinajstić information content (AvgIpc) is 2.88. The van der Waals surface area contributed by atoms with Crippen LogP contribution < -0.4 is 4.74 Å². The summed E-state index contributed by atoms with van der Waals surface area (Å²) in [6.07, 6.45) is 0.869. The van der Waals surface area contributed by atoms with E-state index in [2.05, 4.69) is 35.2 Å². The molecule has 1 saturated heterocycles. The fourth-order valence-corrected chi connectivity index (χ4v) is 4.14. The van der Waals surface area contributed by atoms with Crippen LogP contribution in [0.15, 0.2) is 78.9 Å². The van der Waals surface area contributed by atoms with Crippen molar-refractivity contribution in [1.29, 1.82) is 0 Å². The Morgan fingerprint density at radius 2 is 1.52 bits per heavy atom. The molecule has 0 bridgehead atoms. The Morgan fingerprint density at radius 3 is 2.24 bits per heavy atom. The summed E-state index contributed by atoms with van der Waals surface area (Å²) < 4.78 is 11.1. The third-order valence-electron chi connectivity index (χ3n) is 5.99. The van der Waals surface area contributed by atoms with Crippen molar-refractivity contribution in [2.75, 3.05) is 46.5 Å². The normalized spacial score (nSPS) is 14.3. The van der Waals surface area contributed by atoms with Gasteiger partial charge in [-0.25, -0.2) is 0 Å². The van der Waals surface area contributed by atoms with Crippen LogP contribution >= 0.6 is 0 Å². The zero-order chi connectivity index (χ0) is 22.9. The van der Waals surface area contributed by atoms with Crippen molar-refractivity contribution in [1.82, 2.24) is 9.80 Å². The quantitative estimate of drug-likeness (QED) is 0.448. The minimum atomic E-state index is 0.128. The number of amides is 1. The predicted molar refractivity (Wildman–Crippen MR) is 131 cm³/mol. The van der Waals surface area contributed by atoms with Gasteiger partial charge >= 0.3 is 0 Å². The Kier molecular flexibility index (Phi) is 8.12. The molecular formula is C28H32N2O3. The van der Waals surface area contributed by atoms with Crippen molar-refractivity contribution < 1.29 is 14.3 Å². The Morgan fingerprint density at radius 1 is 0.818 bits per heavy atom. The summed E-state index contributed by atoms with van der Waals surface area (Å²) in [4.78, 5) is 17.0. The first-order chi connectivity index (χ1) is 16.2. The predicted octanol–water partition coefficient (Wildman–Crippen LogP) is 4.73. The monoisotopic (exact) mass is 444 g/mol. The molecule has 0 saturated carbocycles. The van der Waals surface area contributed by atoms with E-state index < -0.39 is 0 Å². The fraction of sp³-hybridized carbons (Fsp3) is 0.321. The van der Waals surface area contributed by atoms with Gasteiger partial charge < -0.3 is 14.4 Å². The topological polar surface area (TPSA) is 42.0 Å². The van der Waals surface area contributed by atoms with E-state index in [1.807, 2.05) is 53.4 Å². The minimum absolute atomic E-state index is 0.128. The maximum atomic E-state index is 12.7. The highest BCUT2D eigenvalue weighted by molar-refractivity contribution is 5.94. The summed E-state index contributed by atoms with van der Waals surface area (Å²) >= 11 is 0. The number of carbonyl (C=O) groups excluding carboxylic acids is 1. The third-order valence-corrected chi connectivity index (χ3v) is 5.99. The molecule has 0 aromatic heterocycles. The number of benzene rings is 3. The lowest BCUT2D eigenvalue weighted by molar-refractivity contribution is 0.0628. The van der Waals surface area contributed by atoms with Crippen LogP contribution in [0.2, 0.25) is 0 Å². The number of carbonyl (C=O) groups is 1. The molecule has 172 valence electrons. The highest BCUT2D eigenvalue weighted by Gasteiger charge is 2.22. The molecule has 0 aliphatic carbocycles. The Labute approximate surface area is 196 Å². The summed E-state index contributed by atoms with van der Waals surface area (Å²) in [7, 11) is 1.71. The molecule has 1 heterocycles. The van der Waals surface area contributed by atoms with Gasteiger partial charge in [-0.2, -0.15) is 0 Å². The van der Waals surface area contributed by atoms with Gasteiger partial charge in [0.25, 0.3) is 5.91 Å². The van der Waals surface area contributed by atoms with Crippen molar-refractivity contribution in [2.45, 2.75) is 13.0 Å².